The quantitative estimate of drug-likeness (QED) is 0.837. The van der Waals surface area contributed by atoms with Crippen molar-refractivity contribution in [3.05, 3.63) is 29.3 Å². The van der Waals surface area contributed by atoms with Crippen molar-refractivity contribution in [2.45, 2.75) is 31.7 Å². The molecule has 0 heterocycles. The monoisotopic (exact) mass is 249 g/mol. The van der Waals surface area contributed by atoms with E-state index in [0.29, 0.717) is 0 Å². The van der Waals surface area contributed by atoms with E-state index in [2.05, 4.69) is 5.32 Å². The van der Waals surface area contributed by atoms with E-state index in [1.165, 1.54) is 5.56 Å². The van der Waals surface area contributed by atoms with Gasteiger partial charge < -0.3 is 15.2 Å². The third-order valence-electron chi connectivity index (χ3n) is 3.62. The average Bonchev–Trinajstić information content (AvgIpc) is 2.67. The lowest BCUT2D eigenvalue weighted by Crippen LogP contribution is -2.42. The highest BCUT2D eigenvalue weighted by Gasteiger charge is 2.40. The Morgan fingerprint density at radius 1 is 1.56 bits per heavy atom. The second-order valence-electron chi connectivity index (χ2n) is 4.71. The summed E-state index contributed by atoms with van der Waals surface area (Å²) in [6.07, 6.45) is 1.86. The molecular weight excluding hydrogens is 230 g/mol. The van der Waals surface area contributed by atoms with E-state index in [-0.39, 0.29) is 6.42 Å². The second-order valence-corrected chi connectivity index (χ2v) is 4.71. The first-order valence-electron chi connectivity index (χ1n) is 6.25. The lowest BCUT2D eigenvalue weighted by atomic mass is 9.88. The zero-order valence-corrected chi connectivity index (χ0v) is 10.8. The van der Waals surface area contributed by atoms with E-state index in [1.54, 1.807) is 7.11 Å². The Kier molecular flexibility index (Phi) is 3.57. The van der Waals surface area contributed by atoms with E-state index in [4.69, 9.17) is 9.84 Å². The maximum absolute atomic E-state index is 11.1. The van der Waals surface area contributed by atoms with Crippen LogP contribution in [0.1, 0.15) is 30.9 Å². The third-order valence-corrected chi connectivity index (χ3v) is 3.62. The molecule has 1 unspecified atom stereocenters. The van der Waals surface area contributed by atoms with Crippen molar-refractivity contribution in [2.24, 2.45) is 0 Å². The fraction of sp³-hybridized carbons (Fsp3) is 0.500. The summed E-state index contributed by atoms with van der Waals surface area (Å²) in [6.45, 7) is 2.76. The molecule has 0 aliphatic heterocycles. The summed E-state index contributed by atoms with van der Waals surface area (Å²) in [6, 6.07) is 5.94. The van der Waals surface area contributed by atoms with Gasteiger partial charge in [-0.25, -0.2) is 0 Å². The van der Waals surface area contributed by atoms with Crippen molar-refractivity contribution in [1.29, 1.82) is 0 Å². The minimum absolute atomic E-state index is 0.112. The number of aliphatic carboxylic acids is 1. The number of nitrogens with one attached hydrogen (secondary N) is 1. The van der Waals surface area contributed by atoms with Crippen molar-refractivity contribution < 1.29 is 14.6 Å². The number of carboxylic acids is 1. The molecule has 0 spiro atoms. The van der Waals surface area contributed by atoms with E-state index in [9.17, 15) is 4.79 Å². The smallest absolute Gasteiger partial charge is 0.305 e. The van der Waals surface area contributed by atoms with Crippen molar-refractivity contribution in [3.8, 4) is 5.75 Å². The molecule has 2 N–H and O–H groups in total. The summed E-state index contributed by atoms with van der Waals surface area (Å²) in [5.41, 5.74) is 1.86. The Morgan fingerprint density at radius 3 is 2.94 bits per heavy atom. The number of carboxylic acid groups (broad SMARTS) is 1. The lowest BCUT2D eigenvalue weighted by Gasteiger charge is -2.30. The number of hydrogen-bond donors (Lipinski definition) is 2. The highest BCUT2D eigenvalue weighted by molar-refractivity contribution is 5.69. The zero-order chi connectivity index (χ0) is 13.2. The van der Waals surface area contributed by atoms with Crippen LogP contribution in [-0.2, 0) is 16.8 Å². The van der Waals surface area contributed by atoms with Gasteiger partial charge in [0.25, 0.3) is 0 Å². The molecule has 1 aliphatic rings. The summed E-state index contributed by atoms with van der Waals surface area (Å²) in [5.74, 6) is 0.00920. The van der Waals surface area contributed by atoms with Crippen LogP contribution in [0.15, 0.2) is 18.2 Å². The number of rotatable bonds is 5. The maximum atomic E-state index is 11.1. The molecule has 0 bridgehead atoms. The minimum Gasteiger partial charge on any atom is -0.497 e. The van der Waals surface area contributed by atoms with Gasteiger partial charge >= 0.3 is 5.97 Å². The topological polar surface area (TPSA) is 58.6 Å². The van der Waals surface area contributed by atoms with Crippen molar-refractivity contribution in [3.63, 3.8) is 0 Å². The maximum Gasteiger partial charge on any atom is 0.305 e. The zero-order valence-electron chi connectivity index (χ0n) is 10.8. The van der Waals surface area contributed by atoms with Crippen molar-refractivity contribution >= 4 is 5.97 Å². The van der Waals surface area contributed by atoms with Gasteiger partial charge in [-0.1, -0.05) is 13.0 Å². The molecule has 18 heavy (non-hydrogen) atoms. The summed E-state index contributed by atoms with van der Waals surface area (Å²) in [5, 5.41) is 12.5. The highest BCUT2D eigenvalue weighted by atomic mass is 16.5. The van der Waals surface area contributed by atoms with Crippen LogP contribution in [0.4, 0.5) is 0 Å². The molecule has 2 rings (SSSR count). The van der Waals surface area contributed by atoms with Gasteiger partial charge in [0.1, 0.15) is 5.75 Å². The van der Waals surface area contributed by atoms with Crippen LogP contribution in [0.2, 0.25) is 0 Å². The van der Waals surface area contributed by atoms with E-state index in [1.807, 2.05) is 25.1 Å². The van der Waals surface area contributed by atoms with Crippen LogP contribution >= 0.6 is 0 Å². The molecule has 0 saturated heterocycles. The Bertz CT molecular complexity index is 454. The van der Waals surface area contributed by atoms with Crippen LogP contribution in [0.3, 0.4) is 0 Å². The molecule has 1 atom stereocenters. The molecular formula is C14H19NO3. The van der Waals surface area contributed by atoms with Crippen molar-refractivity contribution in [2.75, 3.05) is 13.7 Å². The average molecular weight is 249 g/mol. The van der Waals surface area contributed by atoms with E-state index in [0.717, 1.165) is 30.7 Å². The number of methoxy groups -OCH3 is 1. The van der Waals surface area contributed by atoms with Gasteiger partial charge in [-0.2, -0.15) is 0 Å². The van der Waals surface area contributed by atoms with Crippen LogP contribution in [-0.4, -0.2) is 24.7 Å². The minimum atomic E-state index is -0.772. The lowest BCUT2D eigenvalue weighted by molar-refractivity contribution is -0.138. The first-order chi connectivity index (χ1) is 8.61. The molecule has 98 valence electrons. The fourth-order valence-corrected chi connectivity index (χ4v) is 2.86. The Morgan fingerprint density at radius 2 is 2.33 bits per heavy atom. The molecule has 0 saturated carbocycles. The predicted octanol–water partition coefficient (Wildman–Crippen LogP) is 1.92. The number of ether oxygens (including phenoxy) is 1. The van der Waals surface area contributed by atoms with E-state index >= 15 is 0 Å². The highest BCUT2D eigenvalue weighted by Crippen LogP contribution is 2.41. The van der Waals surface area contributed by atoms with Crippen LogP contribution in [0, 0.1) is 0 Å². The SMILES string of the molecule is CCNC1(CC(=O)O)CCc2ccc(OC)cc21. The third kappa shape index (κ3) is 2.20. The number of carbonyl (C=O) groups is 1. The Balaban J connectivity index is 2.43. The standard InChI is InChI=1S/C14H19NO3/c1-3-15-14(9-13(16)17)7-6-10-4-5-11(18-2)8-12(10)14/h4-5,8,15H,3,6-7,9H2,1-2H3,(H,16,17). The normalized spacial score (nSPS) is 21.7. The first-order valence-corrected chi connectivity index (χ1v) is 6.25. The predicted molar refractivity (Wildman–Crippen MR) is 68.9 cm³/mol. The Hall–Kier alpha value is -1.55. The summed E-state index contributed by atoms with van der Waals surface area (Å²) in [4.78, 5) is 11.1. The van der Waals surface area contributed by atoms with Gasteiger partial charge in [0.15, 0.2) is 0 Å². The van der Waals surface area contributed by atoms with Gasteiger partial charge in [-0.15, -0.1) is 0 Å². The Labute approximate surface area is 107 Å². The summed E-state index contributed by atoms with van der Waals surface area (Å²) < 4.78 is 5.24. The molecule has 1 aromatic rings. The van der Waals surface area contributed by atoms with Crippen LogP contribution < -0.4 is 10.1 Å². The molecule has 4 heteroatoms. The molecule has 0 aromatic heterocycles. The fourth-order valence-electron chi connectivity index (χ4n) is 2.86. The molecule has 1 aromatic carbocycles. The molecule has 0 amide bonds. The van der Waals surface area contributed by atoms with Crippen LogP contribution in [0.25, 0.3) is 0 Å². The van der Waals surface area contributed by atoms with Gasteiger partial charge in [0.2, 0.25) is 0 Å². The van der Waals surface area contributed by atoms with Gasteiger partial charge in [-0.05, 0) is 42.6 Å². The van der Waals surface area contributed by atoms with E-state index < -0.39 is 11.5 Å². The summed E-state index contributed by atoms with van der Waals surface area (Å²) in [7, 11) is 1.63. The van der Waals surface area contributed by atoms with Crippen LogP contribution in [0.5, 0.6) is 5.75 Å². The largest absolute Gasteiger partial charge is 0.497 e. The van der Waals surface area contributed by atoms with Gasteiger partial charge in [-0.3, -0.25) is 4.79 Å². The molecule has 0 radical (unpaired) electrons. The van der Waals surface area contributed by atoms with Gasteiger partial charge in [0, 0.05) is 0 Å². The number of fused-ring (bicyclic) bond motifs is 1. The second kappa shape index (κ2) is 4.98. The summed E-state index contributed by atoms with van der Waals surface area (Å²) >= 11 is 0. The van der Waals surface area contributed by atoms with Crippen molar-refractivity contribution in [1.82, 2.24) is 5.32 Å². The number of benzene rings is 1. The first kappa shape index (κ1) is 12.9. The number of hydrogen-bond acceptors (Lipinski definition) is 3. The molecule has 1 aliphatic carbocycles. The molecule has 0 fully saturated rings. The van der Waals surface area contributed by atoms with Gasteiger partial charge in [0.05, 0.1) is 19.1 Å². The number of aryl methyl sites for hydroxylation is 1. The molecule has 4 nitrogen and oxygen atoms in total.